The van der Waals surface area contributed by atoms with Gasteiger partial charge in [-0.3, -0.25) is 0 Å². The minimum atomic E-state index is -1.37. The van der Waals surface area contributed by atoms with Gasteiger partial charge in [0.15, 0.2) is 11.5 Å². The molecule has 0 N–H and O–H groups in total. The number of halogens is 2. The first-order chi connectivity index (χ1) is 11.9. The van der Waals surface area contributed by atoms with Gasteiger partial charge in [-0.25, -0.2) is 18.7 Å². The van der Waals surface area contributed by atoms with Gasteiger partial charge in [-0.2, -0.15) is 0 Å². The minimum absolute atomic E-state index is 0.243. The number of rotatable bonds is 2. The minimum Gasteiger partial charge on any atom is -0.310 e. The predicted molar refractivity (Wildman–Crippen MR) is 90.7 cm³/mol. The molecular weight excluding hydrogens is 322 g/mol. The zero-order valence-electron chi connectivity index (χ0n) is 14.0. The fourth-order valence-corrected chi connectivity index (χ4v) is 3.69. The first kappa shape index (κ1) is 14.8. The van der Waals surface area contributed by atoms with Crippen LogP contribution in [0.2, 0.25) is 0 Å². The van der Waals surface area contributed by atoms with Crippen LogP contribution in [0.15, 0.2) is 36.8 Å². The number of pyridine rings is 1. The molecule has 1 saturated carbocycles. The highest BCUT2D eigenvalue weighted by molar-refractivity contribution is 5.45. The lowest BCUT2D eigenvalue weighted by Crippen LogP contribution is -2.28. The summed E-state index contributed by atoms with van der Waals surface area (Å²) < 4.78 is 31.9. The Labute approximate surface area is 143 Å². The van der Waals surface area contributed by atoms with Crippen LogP contribution < -0.4 is 0 Å². The Hall–Kier alpha value is -2.50. The van der Waals surface area contributed by atoms with Crippen molar-refractivity contribution in [1.29, 1.82) is 0 Å². The molecule has 3 aromatic heterocycles. The summed E-state index contributed by atoms with van der Waals surface area (Å²) in [5, 5.41) is 0. The molecule has 128 valence electrons. The standard InChI is InChI=1S/C19H18F2N4/c1-11-17-22-15(10-25(17)7-5-19(11,2)21)12-8-13(12)16-9-24-6-3-4-14(20)18(24)23-16/h3-7,9-13H,8H2,1-2H3. The smallest absolute Gasteiger partial charge is 0.173 e. The summed E-state index contributed by atoms with van der Waals surface area (Å²) in [7, 11) is 0. The van der Waals surface area contributed by atoms with Gasteiger partial charge in [-0.15, -0.1) is 0 Å². The third kappa shape index (κ3) is 2.16. The molecule has 0 amide bonds. The van der Waals surface area contributed by atoms with E-state index >= 15 is 0 Å². The first-order valence-electron chi connectivity index (χ1n) is 8.54. The van der Waals surface area contributed by atoms with Crippen molar-refractivity contribution >= 4 is 11.8 Å². The highest BCUT2D eigenvalue weighted by Crippen LogP contribution is 2.54. The van der Waals surface area contributed by atoms with Crippen LogP contribution in [0, 0.1) is 5.82 Å². The van der Waals surface area contributed by atoms with E-state index < -0.39 is 5.67 Å². The molecule has 4 heterocycles. The molecule has 1 fully saturated rings. The molecule has 0 aromatic carbocycles. The molecule has 6 heteroatoms. The summed E-state index contributed by atoms with van der Waals surface area (Å²) in [6.07, 6.45) is 9.96. The average molecular weight is 340 g/mol. The fourth-order valence-electron chi connectivity index (χ4n) is 3.69. The van der Waals surface area contributed by atoms with E-state index in [1.807, 2.05) is 23.9 Å². The van der Waals surface area contributed by atoms with Gasteiger partial charge >= 0.3 is 0 Å². The summed E-state index contributed by atoms with van der Waals surface area (Å²) in [6.45, 7) is 3.44. The van der Waals surface area contributed by atoms with E-state index in [0.29, 0.717) is 5.65 Å². The monoisotopic (exact) mass is 340 g/mol. The lowest BCUT2D eigenvalue weighted by atomic mass is 9.90. The zero-order valence-corrected chi connectivity index (χ0v) is 14.0. The van der Waals surface area contributed by atoms with Gasteiger partial charge in [0.2, 0.25) is 0 Å². The average Bonchev–Trinajstić information content (AvgIpc) is 3.05. The van der Waals surface area contributed by atoms with Crippen LogP contribution >= 0.6 is 0 Å². The molecule has 25 heavy (non-hydrogen) atoms. The maximum Gasteiger partial charge on any atom is 0.173 e. The topological polar surface area (TPSA) is 35.1 Å². The molecule has 0 spiro atoms. The zero-order chi connectivity index (χ0) is 17.3. The van der Waals surface area contributed by atoms with Crippen LogP contribution in [0.1, 0.15) is 55.2 Å². The summed E-state index contributed by atoms with van der Waals surface area (Å²) >= 11 is 0. The van der Waals surface area contributed by atoms with E-state index in [4.69, 9.17) is 4.98 Å². The van der Waals surface area contributed by atoms with E-state index in [-0.39, 0.29) is 23.6 Å². The number of imidazole rings is 2. The van der Waals surface area contributed by atoms with Crippen LogP contribution in [-0.4, -0.2) is 24.6 Å². The van der Waals surface area contributed by atoms with Crippen LogP contribution in [0.3, 0.4) is 0 Å². The van der Waals surface area contributed by atoms with Crippen molar-refractivity contribution in [3.05, 3.63) is 59.8 Å². The number of hydrogen-bond acceptors (Lipinski definition) is 2. The molecule has 1 aliphatic heterocycles. The Morgan fingerprint density at radius 1 is 1.20 bits per heavy atom. The van der Waals surface area contributed by atoms with Gasteiger partial charge in [0.25, 0.3) is 0 Å². The number of nitrogens with zero attached hydrogens (tertiary/aromatic N) is 4. The van der Waals surface area contributed by atoms with Crippen LogP contribution in [0.25, 0.3) is 11.8 Å². The van der Waals surface area contributed by atoms with Crippen molar-refractivity contribution in [2.24, 2.45) is 0 Å². The third-order valence-electron chi connectivity index (χ3n) is 5.58. The number of allylic oxidation sites excluding steroid dienone is 1. The SMILES string of the molecule is CC1c2nc(C3CC3c3cn4cccc(F)c4n3)cn2C=CC1(C)F. The summed E-state index contributed by atoms with van der Waals surface area (Å²) in [6, 6.07) is 3.09. The molecule has 4 nitrogen and oxygen atoms in total. The second-order valence-corrected chi connectivity index (χ2v) is 7.32. The quantitative estimate of drug-likeness (QED) is 0.699. The van der Waals surface area contributed by atoms with E-state index in [9.17, 15) is 8.78 Å². The summed E-state index contributed by atoms with van der Waals surface area (Å²) in [5.74, 6) is 0.663. The van der Waals surface area contributed by atoms with E-state index in [0.717, 1.165) is 23.6 Å². The molecule has 4 unspecified atom stereocenters. The largest absolute Gasteiger partial charge is 0.310 e. The van der Waals surface area contributed by atoms with Gasteiger partial charge in [0.05, 0.1) is 17.3 Å². The van der Waals surface area contributed by atoms with Crippen molar-refractivity contribution < 1.29 is 8.78 Å². The highest BCUT2D eigenvalue weighted by Gasteiger charge is 2.44. The Kier molecular flexibility index (Phi) is 2.83. The molecule has 0 radical (unpaired) electrons. The Balaban J connectivity index is 1.45. The van der Waals surface area contributed by atoms with Crippen molar-refractivity contribution in [3.8, 4) is 0 Å². The van der Waals surface area contributed by atoms with Crippen LogP contribution in [-0.2, 0) is 0 Å². The molecule has 2 aliphatic rings. The fraction of sp³-hybridized carbons (Fsp3) is 0.368. The van der Waals surface area contributed by atoms with Gasteiger partial charge in [-0.1, -0.05) is 6.92 Å². The van der Waals surface area contributed by atoms with E-state index in [1.54, 1.807) is 35.9 Å². The number of aromatic nitrogens is 4. The second kappa shape index (κ2) is 4.77. The van der Waals surface area contributed by atoms with Gasteiger partial charge in [0.1, 0.15) is 11.5 Å². The Morgan fingerprint density at radius 3 is 2.72 bits per heavy atom. The van der Waals surface area contributed by atoms with Crippen molar-refractivity contribution in [2.45, 2.75) is 43.7 Å². The molecule has 3 aromatic rings. The maximum atomic E-state index is 14.5. The lowest BCUT2D eigenvalue weighted by molar-refractivity contribution is 0.208. The molecule has 5 rings (SSSR count). The lowest BCUT2D eigenvalue weighted by Gasteiger charge is -2.27. The second-order valence-electron chi connectivity index (χ2n) is 7.32. The molecule has 0 saturated heterocycles. The van der Waals surface area contributed by atoms with E-state index in [1.165, 1.54) is 6.07 Å². The molecule has 1 aliphatic carbocycles. The number of hydrogen-bond donors (Lipinski definition) is 0. The Bertz CT molecular complexity index is 1010. The summed E-state index contributed by atoms with van der Waals surface area (Å²) in [4.78, 5) is 9.15. The molecule has 0 bridgehead atoms. The summed E-state index contributed by atoms with van der Waals surface area (Å²) in [5.41, 5.74) is 0.838. The normalized spacial score (nSPS) is 30.6. The number of fused-ring (bicyclic) bond motifs is 2. The van der Waals surface area contributed by atoms with Gasteiger partial charge in [-0.05, 0) is 31.6 Å². The van der Waals surface area contributed by atoms with Crippen molar-refractivity contribution in [3.63, 3.8) is 0 Å². The highest BCUT2D eigenvalue weighted by atomic mass is 19.1. The molecule has 4 atom stereocenters. The van der Waals surface area contributed by atoms with Crippen molar-refractivity contribution in [1.82, 2.24) is 18.9 Å². The molecular formula is C19H18F2N4. The number of alkyl halides is 1. The van der Waals surface area contributed by atoms with Crippen LogP contribution in [0.5, 0.6) is 0 Å². The Morgan fingerprint density at radius 2 is 1.96 bits per heavy atom. The maximum absolute atomic E-state index is 14.5. The van der Waals surface area contributed by atoms with Crippen LogP contribution in [0.4, 0.5) is 8.78 Å². The van der Waals surface area contributed by atoms with Gasteiger partial charge in [0, 0.05) is 36.6 Å². The first-order valence-corrected chi connectivity index (χ1v) is 8.54. The predicted octanol–water partition coefficient (Wildman–Crippen LogP) is 4.26. The van der Waals surface area contributed by atoms with Gasteiger partial charge < -0.3 is 8.97 Å². The van der Waals surface area contributed by atoms with E-state index in [2.05, 4.69) is 4.98 Å². The third-order valence-corrected chi connectivity index (χ3v) is 5.58. The van der Waals surface area contributed by atoms with Crippen molar-refractivity contribution in [2.75, 3.05) is 0 Å².